The van der Waals surface area contributed by atoms with E-state index in [0.29, 0.717) is 19.1 Å². The van der Waals surface area contributed by atoms with Crippen molar-refractivity contribution in [2.75, 3.05) is 20.3 Å². The van der Waals surface area contributed by atoms with Gasteiger partial charge in [-0.05, 0) is 12.5 Å². The zero-order chi connectivity index (χ0) is 11.3. The summed E-state index contributed by atoms with van der Waals surface area (Å²) in [6.45, 7) is 6.31. The Labute approximate surface area is 90.6 Å². The van der Waals surface area contributed by atoms with Crippen LogP contribution in [0.1, 0.15) is 31.2 Å². The summed E-state index contributed by atoms with van der Waals surface area (Å²) < 4.78 is 6.95. The molecule has 1 aromatic heterocycles. The van der Waals surface area contributed by atoms with Gasteiger partial charge in [-0.15, -0.1) is 5.10 Å². The van der Waals surface area contributed by atoms with Crippen LogP contribution in [0.2, 0.25) is 0 Å². The van der Waals surface area contributed by atoms with Gasteiger partial charge in [-0.1, -0.05) is 19.1 Å². The Hall–Kier alpha value is -0.940. The van der Waals surface area contributed by atoms with E-state index in [2.05, 4.69) is 24.2 Å². The van der Waals surface area contributed by atoms with Crippen molar-refractivity contribution in [3.8, 4) is 0 Å². The SMILES string of the molecule is COCCn1nnc(CCN)c1C(C)C. The number of ether oxygens (including phenoxy) is 1. The smallest absolute Gasteiger partial charge is 0.0874 e. The molecule has 0 atom stereocenters. The van der Waals surface area contributed by atoms with E-state index < -0.39 is 0 Å². The van der Waals surface area contributed by atoms with Gasteiger partial charge < -0.3 is 10.5 Å². The Morgan fingerprint density at radius 3 is 2.73 bits per heavy atom. The highest BCUT2D eigenvalue weighted by atomic mass is 16.5. The van der Waals surface area contributed by atoms with Crippen LogP contribution in [0.4, 0.5) is 0 Å². The second-order valence-electron chi connectivity index (χ2n) is 3.83. The summed E-state index contributed by atoms with van der Waals surface area (Å²) in [5, 5.41) is 8.28. The van der Waals surface area contributed by atoms with Crippen LogP contribution in [0.15, 0.2) is 0 Å². The van der Waals surface area contributed by atoms with Gasteiger partial charge in [0.25, 0.3) is 0 Å². The molecule has 0 spiro atoms. The molecular formula is C10H20N4O. The van der Waals surface area contributed by atoms with Gasteiger partial charge in [0.05, 0.1) is 24.5 Å². The molecule has 0 saturated carbocycles. The van der Waals surface area contributed by atoms with Crippen molar-refractivity contribution < 1.29 is 4.74 Å². The Bertz CT molecular complexity index is 296. The normalized spacial score (nSPS) is 11.3. The maximum absolute atomic E-state index is 5.54. The van der Waals surface area contributed by atoms with E-state index in [1.165, 1.54) is 5.69 Å². The number of nitrogens with two attached hydrogens (primary N) is 1. The van der Waals surface area contributed by atoms with Crippen molar-refractivity contribution in [1.29, 1.82) is 0 Å². The average Bonchev–Trinajstić information content (AvgIpc) is 2.58. The molecule has 0 radical (unpaired) electrons. The van der Waals surface area contributed by atoms with Gasteiger partial charge in [-0.25, -0.2) is 4.68 Å². The van der Waals surface area contributed by atoms with Crippen LogP contribution in [0.3, 0.4) is 0 Å². The van der Waals surface area contributed by atoms with Crippen molar-refractivity contribution in [3.05, 3.63) is 11.4 Å². The Balaban J connectivity index is 2.85. The van der Waals surface area contributed by atoms with Crippen LogP contribution >= 0.6 is 0 Å². The lowest BCUT2D eigenvalue weighted by Crippen LogP contribution is -2.12. The van der Waals surface area contributed by atoms with E-state index in [1.54, 1.807) is 7.11 Å². The summed E-state index contributed by atoms with van der Waals surface area (Å²) in [5.74, 6) is 0.415. The molecule has 86 valence electrons. The molecule has 0 aliphatic carbocycles. The van der Waals surface area contributed by atoms with Crippen molar-refractivity contribution in [2.45, 2.75) is 32.7 Å². The molecule has 5 nitrogen and oxygen atoms in total. The molecule has 2 N–H and O–H groups in total. The van der Waals surface area contributed by atoms with Gasteiger partial charge in [-0.2, -0.15) is 0 Å². The average molecular weight is 212 g/mol. The summed E-state index contributed by atoms with van der Waals surface area (Å²) in [4.78, 5) is 0. The Kier molecular flexibility index (Phi) is 4.71. The molecule has 0 aliphatic heterocycles. The van der Waals surface area contributed by atoms with E-state index in [9.17, 15) is 0 Å². The number of methoxy groups -OCH3 is 1. The quantitative estimate of drug-likeness (QED) is 0.747. The standard InChI is InChI=1S/C10H20N4O/c1-8(2)10-9(4-5-11)12-13-14(10)6-7-15-3/h8H,4-7,11H2,1-3H3. The molecule has 15 heavy (non-hydrogen) atoms. The molecule has 0 bridgehead atoms. The van der Waals surface area contributed by atoms with Crippen LogP contribution in [0, 0.1) is 0 Å². The number of hydrogen-bond donors (Lipinski definition) is 1. The molecule has 0 unspecified atom stereocenters. The Morgan fingerprint density at radius 2 is 2.20 bits per heavy atom. The van der Waals surface area contributed by atoms with Crippen LogP contribution in [-0.2, 0) is 17.7 Å². The first kappa shape index (κ1) is 12.1. The molecule has 0 aliphatic rings. The summed E-state index contributed by atoms with van der Waals surface area (Å²) in [7, 11) is 1.69. The predicted octanol–water partition coefficient (Wildman–Crippen LogP) is 0.549. The van der Waals surface area contributed by atoms with Crippen molar-refractivity contribution in [2.24, 2.45) is 5.73 Å². The van der Waals surface area contributed by atoms with Gasteiger partial charge in [0.2, 0.25) is 0 Å². The summed E-state index contributed by atoms with van der Waals surface area (Å²) >= 11 is 0. The van der Waals surface area contributed by atoms with Crippen LogP contribution in [-0.4, -0.2) is 35.3 Å². The first-order valence-corrected chi connectivity index (χ1v) is 5.32. The molecular weight excluding hydrogens is 192 g/mol. The summed E-state index contributed by atoms with van der Waals surface area (Å²) in [5.41, 5.74) is 7.73. The molecule has 0 aromatic carbocycles. The fourth-order valence-corrected chi connectivity index (χ4v) is 1.65. The topological polar surface area (TPSA) is 66.0 Å². The minimum atomic E-state index is 0.415. The van der Waals surface area contributed by atoms with E-state index in [-0.39, 0.29) is 0 Å². The summed E-state index contributed by atoms with van der Waals surface area (Å²) in [6, 6.07) is 0. The molecule has 1 heterocycles. The highest BCUT2D eigenvalue weighted by molar-refractivity contribution is 5.14. The maximum atomic E-state index is 5.54. The van der Waals surface area contributed by atoms with Gasteiger partial charge in [0, 0.05) is 13.5 Å². The predicted molar refractivity (Wildman–Crippen MR) is 58.7 cm³/mol. The van der Waals surface area contributed by atoms with Gasteiger partial charge in [0.15, 0.2) is 0 Å². The number of hydrogen-bond acceptors (Lipinski definition) is 4. The number of aromatic nitrogens is 3. The molecule has 1 aromatic rings. The lowest BCUT2D eigenvalue weighted by atomic mass is 10.1. The van der Waals surface area contributed by atoms with Crippen LogP contribution in [0.5, 0.6) is 0 Å². The van der Waals surface area contributed by atoms with E-state index in [0.717, 1.165) is 18.7 Å². The third kappa shape index (κ3) is 3.00. The third-order valence-electron chi connectivity index (χ3n) is 2.28. The molecule has 0 fully saturated rings. The second kappa shape index (κ2) is 5.82. The highest BCUT2D eigenvalue weighted by Gasteiger charge is 2.14. The minimum absolute atomic E-state index is 0.415. The Morgan fingerprint density at radius 1 is 1.47 bits per heavy atom. The summed E-state index contributed by atoms with van der Waals surface area (Å²) in [6.07, 6.45) is 0.792. The fraction of sp³-hybridized carbons (Fsp3) is 0.800. The minimum Gasteiger partial charge on any atom is -0.383 e. The first-order valence-electron chi connectivity index (χ1n) is 5.32. The first-order chi connectivity index (χ1) is 7.20. The van der Waals surface area contributed by atoms with Crippen molar-refractivity contribution >= 4 is 0 Å². The van der Waals surface area contributed by atoms with E-state index >= 15 is 0 Å². The fourth-order valence-electron chi connectivity index (χ4n) is 1.65. The zero-order valence-corrected chi connectivity index (χ0v) is 9.73. The lowest BCUT2D eigenvalue weighted by molar-refractivity contribution is 0.181. The van der Waals surface area contributed by atoms with E-state index in [1.807, 2.05) is 4.68 Å². The van der Waals surface area contributed by atoms with Crippen LogP contribution in [0.25, 0.3) is 0 Å². The monoisotopic (exact) mass is 212 g/mol. The van der Waals surface area contributed by atoms with Gasteiger partial charge in [0.1, 0.15) is 0 Å². The van der Waals surface area contributed by atoms with E-state index in [4.69, 9.17) is 10.5 Å². The zero-order valence-electron chi connectivity index (χ0n) is 9.73. The van der Waals surface area contributed by atoms with Crippen LogP contribution < -0.4 is 5.73 Å². The van der Waals surface area contributed by atoms with Crippen molar-refractivity contribution in [1.82, 2.24) is 15.0 Å². The van der Waals surface area contributed by atoms with Crippen molar-refractivity contribution in [3.63, 3.8) is 0 Å². The van der Waals surface area contributed by atoms with Gasteiger partial charge in [-0.3, -0.25) is 0 Å². The maximum Gasteiger partial charge on any atom is 0.0874 e. The highest BCUT2D eigenvalue weighted by Crippen LogP contribution is 2.17. The molecule has 0 saturated heterocycles. The third-order valence-corrected chi connectivity index (χ3v) is 2.28. The number of nitrogens with zero attached hydrogens (tertiary/aromatic N) is 3. The molecule has 0 amide bonds. The van der Waals surface area contributed by atoms with Gasteiger partial charge >= 0.3 is 0 Å². The number of rotatable bonds is 6. The second-order valence-corrected chi connectivity index (χ2v) is 3.83. The molecule has 5 heteroatoms. The molecule has 1 rings (SSSR count). The lowest BCUT2D eigenvalue weighted by Gasteiger charge is -2.10. The largest absolute Gasteiger partial charge is 0.383 e.